The van der Waals surface area contributed by atoms with Crippen molar-refractivity contribution in [3.05, 3.63) is 58.9 Å². The molecule has 1 N–H and O–H groups in total. The lowest BCUT2D eigenvalue weighted by Gasteiger charge is -2.19. The first-order chi connectivity index (χ1) is 12.4. The highest BCUT2D eigenvalue weighted by atomic mass is 35.5. The molecule has 0 aliphatic carbocycles. The van der Waals surface area contributed by atoms with Crippen LogP contribution in [0.15, 0.2) is 42.5 Å². The van der Waals surface area contributed by atoms with Crippen molar-refractivity contribution in [1.82, 2.24) is 9.55 Å². The first kappa shape index (κ1) is 18.7. The van der Waals surface area contributed by atoms with Crippen LogP contribution in [0.2, 0.25) is 5.02 Å². The summed E-state index contributed by atoms with van der Waals surface area (Å²) in [5.74, 6) is 1.55. The summed E-state index contributed by atoms with van der Waals surface area (Å²) in [6, 6.07) is 13.7. The summed E-state index contributed by atoms with van der Waals surface area (Å²) in [5, 5.41) is 11.2. The summed E-state index contributed by atoms with van der Waals surface area (Å²) in [6.07, 6.45) is 1.86. The van der Waals surface area contributed by atoms with Gasteiger partial charge in [0.1, 0.15) is 17.2 Å². The maximum absolute atomic E-state index is 10.5. The van der Waals surface area contributed by atoms with Crippen LogP contribution in [0, 0.1) is 6.92 Å². The quantitative estimate of drug-likeness (QED) is 0.588. The van der Waals surface area contributed by atoms with Crippen LogP contribution in [0.3, 0.4) is 0 Å². The molecule has 0 bridgehead atoms. The van der Waals surface area contributed by atoms with Crippen molar-refractivity contribution in [2.75, 3.05) is 6.61 Å². The lowest BCUT2D eigenvalue weighted by molar-refractivity contribution is 0.0650. The number of para-hydroxylation sites is 2. The number of unbranched alkanes of at least 4 members (excludes halogenated alkanes) is 1. The van der Waals surface area contributed by atoms with Gasteiger partial charge in [-0.2, -0.15) is 0 Å². The molecule has 0 aliphatic rings. The Balaban J connectivity index is 1.62. The van der Waals surface area contributed by atoms with Gasteiger partial charge in [0.2, 0.25) is 0 Å². The van der Waals surface area contributed by atoms with E-state index in [-0.39, 0.29) is 0 Å². The average molecular weight is 373 g/mol. The van der Waals surface area contributed by atoms with E-state index >= 15 is 0 Å². The van der Waals surface area contributed by atoms with E-state index < -0.39 is 5.60 Å². The van der Waals surface area contributed by atoms with Crippen molar-refractivity contribution in [2.24, 2.45) is 0 Å². The van der Waals surface area contributed by atoms with Gasteiger partial charge in [-0.1, -0.05) is 23.7 Å². The first-order valence-corrected chi connectivity index (χ1v) is 9.31. The van der Waals surface area contributed by atoms with Gasteiger partial charge in [-0.3, -0.25) is 0 Å². The van der Waals surface area contributed by atoms with Gasteiger partial charge in [-0.05, 0) is 69.5 Å². The number of hydrogen-bond donors (Lipinski definition) is 1. The van der Waals surface area contributed by atoms with Crippen molar-refractivity contribution in [3.8, 4) is 5.75 Å². The fourth-order valence-electron chi connectivity index (χ4n) is 3.04. The van der Waals surface area contributed by atoms with Crippen LogP contribution >= 0.6 is 11.6 Å². The number of ether oxygens (including phenoxy) is 1. The van der Waals surface area contributed by atoms with Crippen LogP contribution in [0.25, 0.3) is 11.0 Å². The number of hydrogen-bond acceptors (Lipinski definition) is 3. The Labute approximate surface area is 159 Å². The first-order valence-electron chi connectivity index (χ1n) is 8.93. The second kappa shape index (κ2) is 7.68. The standard InChI is InChI=1S/C21H25ClN2O2/c1-15-14-16(10-11-17(15)22)26-13-7-6-12-24-19-9-5-4-8-18(19)23-20(24)21(2,3)25/h4-5,8-11,14,25H,6-7,12-13H2,1-3H3. The largest absolute Gasteiger partial charge is 0.494 e. The number of halogens is 1. The van der Waals surface area contributed by atoms with Crippen molar-refractivity contribution in [1.29, 1.82) is 0 Å². The van der Waals surface area contributed by atoms with E-state index in [1.54, 1.807) is 13.8 Å². The molecule has 3 aromatic rings. The Morgan fingerprint density at radius 1 is 1.15 bits per heavy atom. The highest BCUT2D eigenvalue weighted by molar-refractivity contribution is 6.31. The number of nitrogens with zero attached hydrogens (tertiary/aromatic N) is 2. The Morgan fingerprint density at radius 2 is 1.92 bits per heavy atom. The lowest BCUT2D eigenvalue weighted by atomic mass is 10.1. The molecule has 26 heavy (non-hydrogen) atoms. The lowest BCUT2D eigenvalue weighted by Crippen LogP contribution is -2.22. The molecule has 4 nitrogen and oxygen atoms in total. The fraction of sp³-hybridized carbons (Fsp3) is 0.381. The molecule has 0 fully saturated rings. The van der Waals surface area contributed by atoms with E-state index in [4.69, 9.17) is 16.3 Å². The molecule has 0 atom stereocenters. The topological polar surface area (TPSA) is 47.3 Å². The number of imidazole rings is 1. The zero-order valence-electron chi connectivity index (χ0n) is 15.5. The SMILES string of the molecule is Cc1cc(OCCCCn2c(C(C)(C)O)nc3ccccc32)ccc1Cl. The van der Waals surface area contributed by atoms with E-state index in [1.807, 2.05) is 49.4 Å². The third-order valence-corrected chi connectivity index (χ3v) is 4.80. The summed E-state index contributed by atoms with van der Waals surface area (Å²) in [7, 11) is 0. The summed E-state index contributed by atoms with van der Waals surface area (Å²) in [5.41, 5.74) is 2.01. The summed E-state index contributed by atoms with van der Waals surface area (Å²) >= 11 is 6.04. The van der Waals surface area contributed by atoms with Gasteiger partial charge in [0.15, 0.2) is 0 Å². The highest BCUT2D eigenvalue weighted by Gasteiger charge is 2.24. The Kier molecular flexibility index (Phi) is 5.54. The molecular weight excluding hydrogens is 348 g/mol. The van der Waals surface area contributed by atoms with E-state index in [1.165, 1.54) is 0 Å². The number of fused-ring (bicyclic) bond motifs is 1. The molecule has 0 aliphatic heterocycles. The summed E-state index contributed by atoms with van der Waals surface area (Å²) in [4.78, 5) is 4.62. The van der Waals surface area contributed by atoms with E-state index in [0.29, 0.717) is 12.4 Å². The zero-order chi connectivity index (χ0) is 18.7. The highest BCUT2D eigenvalue weighted by Crippen LogP contribution is 2.25. The van der Waals surface area contributed by atoms with Crippen molar-refractivity contribution in [2.45, 2.75) is 45.8 Å². The fourth-order valence-corrected chi connectivity index (χ4v) is 3.16. The maximum atomic E-state index is 10.5. The maximum Gasteiger partial charge on any atom is 0.141 e. The Hall–Kier alpha value is -2.04. The van der Waals surface area contributed by atoms with Crippen LogP contribution in [-0.2, 0) is 12.1 Å². The van der Waals surface area contributed by atoms with Crippen LogP contribution in [0.4, 0.5) is 0 Å². The molecule has 0 saturated heterocycles. The van der Waals surface area contributed by atoms with Crippen LogP contribution in [-0.4, -0.2) is 21.3 Å². The van der Waals surface area contributed by atoms with Gasteiger partial charge in [0.25, 0.3) is 0 Å². The predicted molar refractivity (Wildman–Crippen MR) is 106 cm³/mol. The monoisotopic (exact) mass is 372 g/mol. The smallest absolute Gasteiger partial charge is 0.141 e. The second-order valence-electron chi connectivity index (χ2n) is 7.10. The minimum absolute atomic E-state index is 0.644. The van der Waals surface area contributed by atoms with E-state index in [0.717, 1.165) is 46.8 Å². The van der Waals surface area contributed by atoms with Gasteiger partial charge in [0.05, 0.1) is 17.6 Å². The third-order valence-electron chi connectivity index (χ3n) is 4.38. The van der Waals surface area contributed by atoms with Crippen LogP contribution in [0.1, 0.15) is 38.1 Å². The number of aliphatic hydroxyl groups is 1. The molecule has 0 amide bonds. The van der Waals surface area contributed by atoms with E-state index in [9.17, 15) is 5.11 Å². The average Bonchev–Trinajstić information content (AvgIpc) is 2.97. The van der Waals surface area contributed by atoms with E-state index in [2.05, 4.69) is 9.55 Å². The zero-order valence-corrected chi connectivity index (χ0v) is 16.3. The summed E-state index contributed by atoms with van der Waals surface area (Å²) < 4.78 is 7.93. The van der Waals surface area contributed by atoms with Gasteiger partial charge in [-0.25, -0.2) is 4.98 Å². The van der Waals surface area contributed by atoms with Gasteiger partial charge < -0.3 is 14.4 Å². The number of benzene rings is 2. The normalized spacial score (nSPS) is 11.9. The van der Waals surface area contributed by atoms with Crippen LogP contribution < -0.4 is 4.74 Å². The minimum atomic E-state index is -0.976. The molecule has 5 heteroatoms. The number of aryl methyl sites for hydroxylation is 2. The Bertz CT molecular complexity index is 897. The molecule has 0 unspecified atom stereocenters. The summed E-state index contributed by atoms with van der Waals surface area (Å²) in [6.45, 7) is 6.96. The molecule has 1 heterocycles. The van der Waals surface area contributed by atoms with Gasteiger partial charge in [-0.15, -0.1) is 0 Å². The van der Waals surface area contributed by atoms with Gasteiger partial charge in [0, 0.05) is 11.6 Å². The molecule has 0 spiro atoms. The molecule has 138 valence electrons. The minimum Gasteiger partial charge on any atom is -0.494 e. The van der Waals surface area contributed by atoms with Gasteiger partial charge >= 0.3 is 0 Å². The Morgan fingerprint density at radius 3 is 2.65 bits per heavy atom. The van der Waals surface area contributed by atoms with Crippen molar-refractivity contribution >= 4 is 22.6 Å². The van der Waals surface area contributed by atoms with Crippen LogP contribution in [0.5, 0.6) is 5.75 Å². The second-order valence-corrected chi connectivity index (χ2v) is 7.51. The van der Waals surface area contributed by atoms with Crippen molar-refractivity contribution < 1.29 is 9.84 Å². The van der Waals surface area contributed by atoms with Crippen molar-refractivity contribution in [3.63, 3.8) is 0 Å². The number of rotatable bonds is 7. The molecule has 3 rings (SSSR count). The molecule has 2 aromatic carbocycles. The molecule has 0 radical (unpaired) electrons. The predicted octanol–water partition coefficient (Wildman–Crippen LogP) is 5.08. The molecule has 0 saturated carbocycles. The molecular formula is C21H25ClN2O2. The molecule has 1 aromatic heterocycles. The number of aromatic nitrogens is 2. The third kappa shape index (κ3) is 4.19.